The number of nitro groups is 2. The van der Waals surface area contributed by atoms with Crippen LogP contribution in [0.5, 0.6) is 0 Å². The summed E-state index contributed by atoms with van der Waals surface area (Å²) in [6.45, 7) is 3.77. The zero-order chi connectivity index (χ0) is 33.0. The van der Waals surface area contributed by atoms with Crippen LogP contribution in [-0.2, 0) is 13.1 Å². The van der Waals surface area contributed by atoms with Gasteiger partial charge in [-0.15, -0.1) is 0 Å². The Kier molecular flexibility index (Phi) is 8.34. The van der Waals surface area contributed by atoms with Crippen molar-refractivity contribution in [3.8, 4) is 0 Å². The van der Waals surface area contributed by atoms with Crippen molar-refractivity contribution in [2.24, 2.45) is 20.0 Å². The maximum atomic E-state index is 11.0. The van der Waals surface area contributed by atoms with E-state index in [1.807, 2.05) is 34.1 Å². The molecule has 16 nitrogen and oxygen atoms in total. The summed E-state index contributed by atoms with van der Waals surface area (Å²) in [7, 11) is 0. The molecule has 0 atom stereocenters. The normalized spacial score (nSPS) is 17.8. The molecule has 0 amide bonds. The summed E-state index contributed by atoms with van der Waals surface area (Å²) in [5.41, 5.74) is 3.24. The quantitative estimate of drug-likeness (QED) is 0.195. The lowest BCUT2D eigenvalue weighted by molar-refractivity contribution is -0.385. The van der Waals surface area contributed by atoms with Crippen molar-refractivity contribution in [1.82, 2.24) is 0 Å². The third kappa shape index (κ3) is 6.22. The molecule has 0 fully saturated rings. The number of nitrogens with one attached hydrogen (secondary N) is 2. The molecule has 48 heavy (non-hydrogen) atoms. The highest BCUT2D eigenvalue weighted by atomic mass is 16.6. The molecule has 4 aliphatic rings. The van der Waals surface area contributed by atoms with Gasteiger partial charge in [-0.1, -0.05) is 0 Å². The third-order valence-corrected chi connectivity index (χ3v) is 7.96. The molecular formula is C32H30N10O6. The van der Waals surface area contributed by atoms with Gasteiger partial charge in [0.2, 0.25) is 0 Å². The number of non-ortho nitro benzene ring substituents is 2. The molecule has 16 heteroatoms. The van der Waals surface area contributed by atoms with Crippen LogP contribution in [0.4, 0.5) is 34.1 Å². The van der Waals surface area contributed by atoms with Crippen LogP contribution in [0.3, 0.4) is 0 Å². The van der Waals surface area contributed by atoms with Crippen molar-refractivity contribution >= 4 is 57.5 Å². The molecule has 8 rings (SSSR count). The average molecular weight is 651 g/mol. The smallest absolute Gasteiger partial charge is 0.271 e. The van der Waals surface area contributed by atoms with E-state index in [9.17, 15) is 20.2 Å². The Hall–Kier alpha value is -6.32. The van der Waals surface area contributed by atoms with Gasteiger partial charge in [-0.25, -0.2) is 0 Å². The van der Waals surface area contributed by atoms with E-state index >= 15 is 0 Å². The number of benzene rings is 2. The van der Waals surface area contributed by atoms with Crippen LogP contribution in [0.2, 0.25) is 0 Å². The van der Waals surface area contributed by atoms with E-state index in [1.165, 1.54) is 12.1 Å². The van der Waals surface area contributed by atoms with E-state index in [2.05, 4.69) is 30.6 Å². The van der Waals surface area contributed by atoms with Crippen molar-refractivity contribution in [2.45, 2.75) is 25.9 Å². The van der Waals surface area contributed by atoms with E-state index in [-0.39, 0.29) is 21.2 Å². The van der Waals surface area contributed by atoms with Gasteiger partial charge in [0.25, 0.3) is 11.4 Å². The number of fused-ring (bicyclic) bond motifs is 6. The fourth-order valence-electron chi connectivity index (χ4n) is 5.72. The highest BCUT2D eigenvalue weighted by molar-refractivity contribution is 6.52. The number of nitro benzene ring substituents is 2. The molecule has 0 saturated carbocycles. The maximum absolute atomic E-state index is 11.0. The molecule has 2 N–H and O–H groups in total. The lowest BCUT2D eigenvalue weighted by Gasteiger charge is -2.35. The van der Waals surface area contributed by atoms with Crippen molar-refractivity contribution in [1.29, 1.82) is 0 Å². The van der Waals surface area contributed by atoms with Crippen LogP contribution in [0, 0.1) is 20.2 Å². The summed E-state index contributed by atoms with van der Waals surface area (Å²) < 4.78 is 10.6. The summed E-state index contributed by atoms with van der Waals surface area (Å²) in [4.78, 5) is 43.6. The van der Waals surface area contributed by atoms with Gasteiger partial charge in [-0.2, -0.15) is 0 Å². The van der Waals surface area contributed by atoms with Crippen LogP contribution >= 0.6 is 0 Å². The second-order valence-corrected chi connectivity index (χ2v) is 11.1. The number of nitrogens with zero attached hydrogens (tertiary/aromatic N) is 8. The SMILES string of the molecule is O=[N+]([O-])c1ccc2c(c1)N1CCCN=C1C(=NCc1ccco1)N2.O=[N+]([O-])c1ccc2c(c1)N1CCCN=C1C(=NCc1ccco1)N2. The molecule has 0 radical (unpaired) electrons. The molecule has 0 spiro atoms. The number of amidine groups is 4. The van der Waals surface area contributed by atoms with Gasteiger partial charge in [-0.3, -0.25) is 40.2 Å². The molecule has 2 aromatic carbocycles. The minimum Gasteiger partial charge on any atom is -0.467 e. The van der Waals surface area contributed by atoms with Crippen LogP contribution in [0.15, 0.2) is 102 Å². The number of aliphatic imine (C=N–C) groups is 4. The van der Waals surface area contributed by atoms with E-state index in [1.54, 1.807) is 36.8 Å². The zero-order valence-electron chi connectivity index (χ0n) is 25.6. The summed E-state index contributed by atoms with van der Waals surface area (Å²) in [5.74, 6) is 4.30. The predicted octanol–water partition coefficient (Wildman–Crippen LogP) is 5.64. The van der Waals surface area contributed by atoms with Gasteiger partial charge in [0.05, 0.1) is 58.2 Å². The minimum atomic E-state index is -0.387. The highest BCUT2D eigenvalue weighted by Gasteiger charge is 2.32. The first-order valence-electron chi connectivity index (χ1n) is 15.3. The van der Waals surface area contributed by atoms with E-state index in [4.69, 9.17) is 8.83 Å². The molecular weight excluding hydrogens is 620 g/mol. The lowest BCUT2D eigenvalue weighted by atomic mass is 10.1. The Morgan fingerprint density at radius 1 is 0.708 bits per heavy atom. The molecule has 2 aromatic heterocycles. The fourth-order valence-corrected chi connectivity index (χ4v) is 5.72. The first kappa shape index (κ1) is 30.3. The predicted molar refractivity (Wildman–Crippen MR) is 182 cm³/mol. The molecule has 0 saturated heterocycles. The highest BCUT2D eigenvalue weighted by Crippen LogP contribution is 2.36. The lowest BCUT2D eigenvalue weighted by Crippen LogP contribution is -2.47. The summed E-state index contributed by atoms with van der Waals surface area (Å²) in [6.07, 6.45) is 5.03. The minimum absolute atomic E-state index is 0.0662. The number of hydrogen-bond acceptors (Lipinski definition) is 12. The fraction of sp³-hybridized carbons (Fsp3) is 0.250. The standard InChI is InChI=1S/2C16H15N5O3/c2*22-21(23)11-4-5-13-14(9-11)20-7-2-6-17-16(20)15(19-13)18-10-12-3-1-8-24-12/h2*1,3-5,8-9H,2,6-7,10H2,(H,18,19). The molecule has 6 heterocycles. The van der Waals surface area contributed by atoms with Crippen LogP contribution in [0.1, 0.15) is 24.4 Å². The van der Waals surface area contributed by atoms with E-state index in [0.29, 0.717) is 24.8 Å². The Morgan fingerprint density at radius 2 is 1.17 bits per heavy atom. The first-order valence-corrected chi connectivity index (χ1v) is 15.3. The second kappa shape index (κ2) is 13.2. The topological polar surface area (TPSA) is 193 Å². The Labute approximate surface area is 273 Å². The van der Waals surface area contributed by atoms with Crippen LogP contribution in [-0.4, -0.2) is 59.4 Å². The molecule has 244 valence electrons. The van der Waals surface area contributed by atoms with Gasteiger partial charge in [0.1, 0.15) is 11.5 Å². The van der Waals surface area contributed by atoms with Crippen LogP contribution in [0.25, 0.3) is 0 Å². The van der Waals surface area contributed by atoms with Crippen molar-refractivity contribution in [3.05, 3.63) is 105 Å². The number of rotatable bonds is 6. The Bertz CT molecular complexity index is 1820. The largest absolute Gasteiger partial charge is 0.467 e. The maximum Gasteiger partial charge on any atom is 0.271 e. The van der Waals surface area contributed by atoms with Crippen LogP contribution < -0.4 is 20.4 Å². The summed E-state index contributed by atoms with van der Waals surface area (Å²) in [6, 6.07) is 16.9. The van der Waals surface area contributed by atoms with Crippen molar-refractivity contribution in [3.63, 3.8) is 0 Å². The zero-order valence-corrected chi connectivity index (χ0v) is 25.6. The Balaban J connectivity index is 0.000000152. The molecule has 4 aliphatic heterocycles. The second-order valence-electron chi connectivity index (χ2n) is 11.1. The molecule has 4 aromatic rings. The summed E-state index contributed by atoms with van der Waals surface area (Å²) in [5, 5.41) is 28.6. The summed E-state index contributed by atoms with van der Waals surface area (Å²) >= 11 is 0. The number of hydrogen-bond donors (Lipinski definition) is 2. The van der Waals surface area contributed by atoms with Gasteiger partial charge in [-0.05, 0) is 49.2 Å². The van der Waals surface area contributed by atoms with Crippen molar-refractivity contribution in [2.75, 3.05) is 46.6 Å². The van der Waals surface area contributed by atoms with E-state index in [0.717, 1.165) is 85.0 Å². The average Bonchev–Trinajstić information content (AvgIpc) is 3.85. The van der Waals surface area contributed by atoms with Gasteiger partial charge >= 0.3 is 0 Å². The number of furan rings is 2. The first-order chi connectivity index (χ1) is 23.4. The monoisotopic (exact) mass is 650 g/mol. The third-order valence-electron chi connectivity index (χ3n) is 7.96. The van der Waals surface area contributed by atoms with Gasteiger partial charge in [0.15, 0.2) is 23.3 Å². The molecule has 0 aliphatic carbocycles. The van der Waals surface area contributed by atoms with E-state index < -0.39 is 0 Å². The number of anilines is 4. The Morgan fingerprint density at radius 3 is 1.56 bits per heavy atom. The van der Waals surface area contributed by atoms with Gasteiger partial charge in [0, 0.05) is 50.4 Å². The van der Waals surface area contributed by atoms with Gasteiger partial charge < -0.3 is 29.3 Å². The molecule has 0 unspecified atom stereocenters. The molecule has 0 bridgehead atoms. The van der Waals surface area contributed by atoms with Crippen molar-refractivity contribution < 1.29 is 18.7 Å².